The van der Waals surface area contributed by atoms with Gasteiger partial charge >= 0.3 is 0 Å². The third kappa shape index (κ3) is 3.19. The van der Waals surface area contributed by atoms with Crippen LogP contribution in [0.1, 0.15) is 32.6 Å². The van der Waals surface area contributed by atoms with Gasteiger partial charge in [-0.05, 0) is 31.6 Å². The Morgan fingerprint density at radius 2 is 2.19 bits per heavy atom. The lowest BCUT2D eigenvalue weighted by Gasteiger charge is -2.35. The average molecular weight is 226 g/mol. The Morgan fingerprint density at radius 3 is 2.81 bits per heavy atom. The van der Waals surface area contributed by atoms with Gasteiger partial charge in [0.1, 0.15) is 0 Å². The van der Waals surface area contributed by atoms with E-state index in [0.717, 1.165) is 38.8 Å². The topological polar surface area (TPSA) is 52.6 Å². The summed E-state index contributed by atoms with van der Waals surface area (Å²) >= 11 is 0. The first kappa shape index (κ1) is 11.9. The summed E-state index contributed by atoms with van der Waals surface area (Å²) in [5.74, 6) is 0.483. The standard InChI is InChI=1S/C12H22N2O2/c1-2-9-7-14(6-5-11(9)15)8-12(16)13-10-3-4-10/h9-11,15H,2-8H2,1H3,(H,13,16). The minimum Gasteiger partial charge on any atom is -0.393 e. The maximum absolute atomic E-state index is 11.6. The highest BCUT2D eigenvalue weighted by molar-refractivity contribution is 5.78. The predicted molar refractivity (Wildman–Crippen MR) is 62.0 cm³/mol. The number of hydrogen-bond donors (Lipinski definition) is 2. The van der Waals surface area contributed by atoms with Crippen LogP contribution >= 0.6 is 0 Å². The molecule has 1 heterocycles. The molecule has 92 valence electrons. The highest BCUT2D eigenvalue weighted by Crippen LogP contribution is 2.21. The number of aliphatic hydroxyl groups excluding tert-OH is 1. The first-order chi connectivity index (χ1) is 7.69. The smallest absolute Gasteiger partial charge is 0.234 e. The molecule has 1 aliphatic heterocycles. The minimum absolute atomic E-state index is 0.147. The number of likely N-dealkylation sites (tertiary alicyclic amines) is 1. The molecule has 0 aromatic carbocycles. The molecule has 2 aliphatic rings. The average Bonchev–Trinajstić information content (AvgIpc) is 3.04. The number of rotatable bonds is 4. The molecule has 1 aliphatic carbocycles. The number of hydrogen-bond acceptors (Lipinski definition) is 3. The molecule has 0 aromatic rings. The van der Waals surface area contributed by atoms with Crippen LogP contribution in [0.25, 0.3) is 0 Å². The molecule has 0 bridgehead atoms. The van der Waals surface area contributed by atoms with Crippen molar-refractivity contribution in [1.29, 1.82) is 0 Å². The molecule has 1 saturated carbocycles. The van der Waals surface area contributed by atoms with Crippen LogP contribution in [0, 0.1) is 5.92 Å². The van der Waals surface area contributed by atoms with Gasteiger partial charge in [0.25, 0.3) is 0 Å². The number of aliphatic hydroxyl groups is 1. The number of nitrogens with one attached hydrogen (secondary N) is 1. The number of carbonyl (C=O) groups excluding carboxylic acids is 1. The summed E-state index contributed by atoms with van der Waals surface area (Å²) in [6.45, 7) is 4.30. The van der Waals surface area contributed by atoms with Crippen molar-refractivity contribution in [3.8, 4) is 0 Å². The van der Waals surface area contributed by atoms with Crippen molar-refractivity contribution < 1.29 is 9.90 Å². The Hall–Kier alpha value is -0.610. The number of amides is 1. The first-order valence-electron chi connectivity index (χ1n) is 6.38. The SMILES string of the molecule is CCC1CN(CC(=O)NC2CC2)CCC1O. The molecule has 2 fully saturated rings. The molecule has 0 spiro atoms. The zero-order valence-corrected chi connectivity index (χ0v) is 9.98. The Kier molecular flexibility index (Phi) is 3.82. The largest absolute Gasteiger partial charge is 0.393 e. The zero-order chi connectivity index (χ0) is 11.5. The van der Waals surface area contributed by atoms with Gasteiger partial charge in [-0.1, -0.05) is 6.92 Å². The van der Waals surface area contributed by atoms with E-state index < -0.39 is 0 Å². The van der Waals surface area contributed by atoms with Gasteiger partial charge in [0.05, 0.1) is 12.6 Å². The molecule has 1 amide bonds. The van der Waals surface area contributed by atoms with Crippen LogP contribution in [-0.4, -0.2) is 47.7 Å². The molecule has 0 radical (unpaired) electrons. The van der Waals surface area contributed by atoms with E-state index in [1.54, 1.807) is 0 Å². The second-order valence-electron chi connectivity index (χ2n) is 5.10. The van der Waals surface area contributed by atoms with E-state index >= 15 is 0 Å². The molecule has 2 N–H and O–H groups in total. The van der Waals surface area contributed by atoms with Gasteiger partial charge in [0.2, 0.25) is 5.91 Å². The fourth-order valence-corrected chi connectivity index (χ4v) is 2.34. The van der Waals surface area contributed by atoms with Gasteiger partial charge in [-0.2, -0.15) is 0 Å². The molecule has 2 unspecified atom stereocenters. The van der Waals surface area contributed by atoms with Gasteiger partial charge < -0.3 is 10.4 Å². The molecule has 1 saturated heterocycles. The molecule has 0 aromatic heterocycles. The maximum Gasteiger partial charge on any atom is 0.234 e. The van der Waals surface area contributed by atoms with Crippen LogP contribution in [0.3, 0.4) is 0 Å². The van der Waals surface area contributed by atoms with Crippen molar-refractivity contribution in [2.75, 3.05) is 19.6 Å². The van der Waals surface area contributed by atoms with Crippen LogP contribution in [0.2, 0.25) is 0 Å². The van der Waals surface area contributed by atoms with Crippen molar-refractivity contribution >= 4 is 5.91 Å². The number of nitrogens with zero attached hydrogens (tertiary/aromatic N) is 1. The monoisotopic (exact) mass is 226 g/mol. The Labute approximate surface area is 97.0 Å². The van der Waals surface area contributed by atoms with E-state index in [0.29, 0.717) is 18.5 Å². The lowest BCUT2D eigenvalue weighted by Crippen LogP contribution is -2.47. The maximum atomic E-state index is 11.6. The molecule has 2 atom stereocenters. The van der Waals surface area contributed by atoms with E-state index in [-0.39, 0.29) is 12.0 Å². The van der Waals surface area contributed by atoms with E-state index in [9.17, 15) is 9.90 Å². The van der Waals surface area contributed by atoms with Crippen LogP contribution < -0.4 is 5.32 Å². The van der Waals surface area contributed by atoms with Crippen LogP contribution in [-0.2, 0) is 4.79 Å². The summed E-state index contributed by atoms with van der Waals surface area (Å²) in [6, 6.07) is 0.449. The van der Waals surface area contributed by atoms with Gasteiger partial charge in [-0.25, -0.2) is 0 Å². The van der Waals surface area contributed by atoms with E-state index in [1.165, 1.54) is 0 Å². The van der Waals surface area contributed by atoms with Crippen molar-refractivity contribution in [2.45, 2.75) is 44.8 Å². The molecule has 4 heteroatoms. The van der Waals surface area contributed by atoms with Crippen LogP contribution in [0.5, 0.6) is 0 Å². The van der Waals surface area contributed by atoms with Crippen LogP contribution in [0.15, 0.2) is 0 Å². The predicted octanol–water partition coefficient (Wildman–Crippen LogP) is 0.358. The third-order valence-corrected chi connectivity index (χ3v) is 3.61. The van der Waals surface area contributed by atoms with Gasteiger partial charge in [0, 0.05) is 19.1 Å². The van der Waals surface area contributed by atoms with Crippen molar-refractivity contribution in [2.24, 2.45) is 5.92 Å². The third-order valence-electron chi connectivity index (χ3n) is 3.61. The summed E-state index contributed by atoms with van der Waals surface area (Å²) in [4.78, 5) is 13.8. The van der Waals surface area contributed by atoms with Gasteiger partial charge in [-0.15, -0.1) is 0 Å². The normalized spacial score (nSPS) is 31.4. The van der Waals surface area contributed by atoms with E-state index in [2.05, 4.69) is 17.1 Å². The Balaban J connectivity index is 1.74. The summed E-state index contributed by atoms with van der Waals surface area (Å²) < 4.78 is 0. The van der Waals surface area contributed by atoms with Gasteiger partial charge in [-0.3, -0.25) is 9.69 Å². The fraction of sp³-hybridized carbons (Fsp3) is 0.917. The van der Waals surface area contributed by atoms with E-state index in [4.69, 9.17) is 0 Å². The zero-order valence-electron chi connectivity index (χ0n) is 9.98. The number of carbonyl (C=O) groups is 1. The fourth-order valence-electron chi connectivity index (χ4n) is 2.34. The summed E-state index contributed by atoms with van der Waals surface area (Å²) in [6.07, 6.45) is 3.90. The lowest BCUT2D eigenvalue weighted by molar-refractivity contribution is -0.123. The first-order valence-corrected chi connectivity index (χ1v) is 6.38. The molecular formula is C12H22N2O2. The summed E-state index contributed by atoms with van der Waals surface area (Å²) in [7, 11) is 0. The lowest BCUT2D eigenvalue weighted by atomic mass is 9.92. The Bertz CT molecular complexity index is 253. The second kappa shape index (κ2) is 5.15. The molecular weight excluding hydrogens is 204 g/mol. The quantitative estimate of drug-likeness (QED) is 0.727. The molecule has 16 heavy (non-hydrogen) atoms. The molecule has 2 rings (SSSR count). The van der Waals surface area contributed by atoms with Crippen molar-refractivity contribution in [3.05, 3.63) is 0 Å². The highest BCUT2D eigenvalue weighted by Gasteiger charge is 2.29. The van der Waals surface area contributed by atoms with Crippen molar-refractivity contribution in [1.82, 2.24) is 10.2 Å². The Morgan fingerprint density at radius 1 is 1.44 bits per heavy atom. The van der Waals surface area contributed by atoms with Gasteiger partial charge in [0.15, 0.2) is 0 Å². The van der Waals surface area contributed by atoms with Crippen molar-refractivity contribution in [3.63, 3.8) is 0 Å². The highest BCUT2D eigenvalue weighted by atomic mass is 16.3. The summed E-state index contributed by atoms with van der Waals surface area (Å²) in [5.41, 5.74) is 0. The molecule has 4 nitrogen and oxygen atoms in total. The second-order valence-corrected chi connectivity index (χ2v) is 5.10. The summed E-state index contributed by atoms with van der Waals surface area (Å²) in [5, 5.41) is 12.8. The minimum atomic E-state index is -0.173. The van der Waals surface area contributed by atoms with E-state index in [1.807, 2.05) is 0 Å². The van der Waals surface area contributed by atoms with Crippen LogP contribution in [0.4, 0.5) is 0 Å². The number of piperidine rings is 1.